The van der Waals surface area contributed by atoms with Crippen molar-refractivity contribution in [2.24, 2.45) is 0 Å². The molecule has 1 heterocycles. The van der Waals surface area contributed by atoms with Crippen LogP contribution in [0.4, 0.5) is 11.4 Å². The Bertz CT molecular complexity index is 1210. The molecular weight excluding hydrogens is 388 g/mol. The number of anilines is 2. The van der Waals surface area contributed by atoms with Gasteiger partial charge in [0, 0.05) is 5.69 Å². The molecule has 0 aromatic heterocycles. The number of hydrogen-bond donors (Lipinski definition) is 1. The predicted molar refractivity (Wildman–Crippen MR) is 123 cm³/mol. The van der Waals surface area contributed by atoms with E-state index >= 15 is 0 Å². The third kappa shape index (κ3) is 3.82. The zero-order chi connectivity index (χ0) is 22.1. The number of amides is 2. The Kier molecular flexibility index (Phi) is 5.34. The molecule has 5 nitrogen and oxygen atoms in total. The van der Waals surface area contributed by atoms with Gasteiger partial charge in [0.05, 0.1) is 18.4 Å². The number of imide groups is 1. The van der Waals surface area contributed by atoms with Gasteiger partial charge in [-0.25, -0.2) is 4.90 Å². The van der Waals surface area contributed by atoms with Crippen LogP contribution in [0.1, 0.15) is 22.3 Å². The van der Waals surface area contributed by atoms with E-state index in [1.165, 1.54) is 4.90 Å². The first-order chi connectivity index (χ1) is 14.9. The summed E-state index contributed by atoms with van der Waals surface area (Å²) >= 11 is 0. The van der Waals surface area contributed by atoms with Crippen molar-refractivity contribution >= 4 is 28.8 Å². The molecule has 0 fully saturated rings. The molecule has 0 unspecified atom stereocenters. The lowest BCUT2D eigenvalue weighted by atomic mass is 9.97. The maximum atomic E-state index is 13.6. The highest BCUT2D eigenvalue weighted by molar-refractivity contribution is 6.46. The van der Waals surface area contributed by atoms with E-state index in [4.69, 9.17) is 4.74 Å². The molecule has 1 N–H and O–H groups in total. The average molecular weight is 412 g/mol. The summed E-state index contributed by atoms with van der Waals surface area (Å²) in [7, 11) is 1.60. The molecule has 31 heavy (non-hydrogen) atoms. The number of carbonyl (C=O) groups excluding carboxylic acids is 2. The zero-order valence-electron chi connectivity index (χ0n) is 18.0. The highest BCUT2D eigenvalue weighted by Gasteiger charge is 2.40. The van der Waals surface area contributed by atoms with E-state index < -0.39 is 0 Å². The van der Waals surface area contributed by atoms with Gasteiger partial charge in [-0.2, -0.15) is 0 Å². The van der Waals surface area contributed by atoms with E-state index in [2.05, 4.69) is 5.32 Å². The summed E-state index contributed by atoms with van der Waals surface area (Å²) in [6, 6.07) is 20.5. The monoisotopic (exact) mass is 412 g/mol. The first-order valence-electron chi connectivity index (χ1n) is 10.1. The standard InChI is InChI=1S/C26H24N2O3/c1-16-6-5-7-20(15-16)28-25(29)23(22-13-8-17(2)14-18(22)3)24(26(28)30)27-19-9-11-21(31-4)12-10-19/h5-15,27H,1-4H3. The number of nitrogens with one attached hydrogen (secondary N) is 1. The molecule has 2 amide bonds. The first kappa shape index (κ1) is 20.4. The van der Waals surface area contributed by atoms with Crippen molar-refractivity contribution in [2.75, 3.05) is 17.3 Å². The van der Waals surface area contributed by atoms with Crippen LogP contribution in [-0.2, 0) is 9.59 Å². The van der Waals surface area contributed by atoms with Crippen molar-refractivity contribution in [3.63, 3.8) is 0 Å². The van der Waals surface area contributed by atoms with Crippen LogP contribution in [0.15, 0.2) is 72.4 Å². The van der Waals surface area contributed by atoms with Crippen molar-refractivity contribution in [1.29, 1.82) is 0 Å². The van der Waals surface area contributed by atoms with Crippen LogP contribution in [0.5, 0.6) is 5.75 Å². The number of hydrogen-bond acceptors (Lipinski definition) is 4. The SMILES string of the molecule is COc1ccc(NC2=C(c3ccc(C)cc3C)C(=O)N(c3cccc(C)c3)C2=O)cc1. The second-order valence-electron chi connectivity index (χ2n) is 7.71. The topological polar surface area (TPSA) is 58.6 Å². The Morgan fingerprint density at radius 2 is 1.52 bits per heavy atom. The van der Waals surface area contributed by atoms with Crippen molar-refractivity contribution in [2.45, 2.75) is 20.8 Å². The lowest BCUT2D eigenvalue weighted by Crippen LogP contribution is -2.32. The van der Waals surface area contributed by atoms with Gasteiger partial charge in [-0.15, -0.1) is 0 Å². The summed E-state index contributed by atoms with van der Waals surface area (Å²) in [4.78, 5) is 28.3. The number of aryl methyl sites for hydroxylation is 3. The number of rotatable bonds is 5. The fourth-order valence-corrected chi connectivity index (χ4v) is 3.81. The minimum atomic E-state index is -0.374. The van der Waals surface area contributed by atoms with E-state index in [9.17, 15) is 9.59 Å². The van der Waals surface area contributed by atoms with Crippen molar-refractivity contribution in [3.8, 4) is 5.75 Å². The summed E-state index contributed by atoms with van der Waals surface area (Å²) in [6.07, 6.45) is 0. The quantitative estimate of drug-likeness (QED) is 0.598. The van der Waals surface area contributed by atoms with Gasteiger partial charge in [0.2, 0.25) is 0 Å². The van der Waals surface area contributed by atoms with Crippen molar-refractivity contribution in [1.82, 2.24) is 0 Å². The van der Waals surface area contributed by atoms with Crippen LogP contribution in [0, 0.1) is 20.8 Å². The molecule has 5 heteroatoms. The molecule has 0 radical (unpaired) electrons. The van der Waals surface area contributed by atoms with E-state index in [1.807, 2.05) is 69.3 Å². The Labute approximate surface area is 182 Å². The molecule has 0 saturated carbocycles. The molecule has 3 aromatic carbocycles. The first-order valence-corrected chi connectivity index (χ1v) is 10.1. The second-order valence-corrected chi connectivity index (χ2v) is 7.71. The highest BCUT2D eigenvalue weighted by atomic mass is 16.5. The van der Waals surface area contributed by atoms with E-state index in [0.717, 1.165) is 22.3 Å². The summed E-state index contributed by atoms with van der Waals surface area (Å²) in [5, 5.41) is 3.19. The van der Waals surface area contributed by atoms with Gasteiger partial charge in [-0.1, -0.05) is 35.9 Å². The maximum absolute atomic E-state index is 13.6. The van der Waals surface area contributed by atoms with E-state index in [0.29, 0.717) is 22.7 Å². The van der Waals surface area contributed by atoms with Crippen LogP contribution in [-0.4, -0.2) is 18.9 Å². The molecule has 0 aliphatic carbocycles. The number of nitrogens with zero attached hydrogens (tertiary/aromatic N) is 1. The zero-order valence-corrected chi connectivity index (χ0v) is 18.0. The molecule has 1 aliphatic heterocycles. The number of carbonyl (C=O) groups is 2. The minimum Gasteiger partial charge on any atom is -0.497 e. The van der Waals surface area contributed by atoms with Gasteiger partial charge < -0.3 is 10.1 Å². The van der Waals surface area contributed by atoms with Gasteiger partial charge >= 0.3 is 0 Å². The van der Waals surface area contributed by atoms with Gasteiger partial charge in [-0.3, -0.25) is 9.59 Å². The highest BCUT2D eigenvalue weighted by Crippen LogP contribution is 2.35. The van der Waals surface area contributed by atoms with Crippen molar-refractivity contribution in [3.05, 3.63) is 94.7 Å². The third-order valence-electron chi connectivity index (χ3n) is 5.35. The lowest BCUT2D eigenvalue weighted by molar-refractivity contribution is -0.120. The number of ether oxygens (including phenoxy) is 1. The Hall–Kier alpha value is -3.86. The van der Waals surface area contributed by atoms with Crippen LogP contribution in [0.25, 0.3) is 5.57 Å². The molecule has 4 rings (SSSR count). The van der Waals surface area contributed by atoms with Crippen LogP contribution in [0.3, 0.4) is 0 Å². The molecule has 1 aliphatic rings. The van der Waals surface area contributed by atoms with Crippen LogP contribution in [0.2, 0.25) is 0 Å². The molecule has 0 saturated heterocycles. The summed E-state index contributed by atoms with van der Waals surface area (Å²) in [5.41, 5.74) is 5.66. The molecule has 0 bridgehead atoms. The summed E-state index contributed by atoms with van der Waals surface area (Å²) in [6.45, 7) is 5.89. The minimum absolute atomic E-state index is 0.267. The summed E-state index contributed by atoms with van der Waals surface area (Å²) < 4.78 is 5.21. The molecule has 0 atom stereocenters. The molecule has 3 aromatic rings. The number of methoxy groups -OCH3 is 1. The van der Waals surface area contributed by atoms with Gasteiger partial charge in [-0.05, 0) is 73.9 Å². The Morgan fingerprint density at radius 3 is 2.16 bits per heavy atom. The van der Waals surface area contributed by atoms with Crippen LogP contribution < -0.4 is 15.0 Å². The third-order valence-corrected chi connectivity index (χ3v) is 5.35. The Morgan fingerprint density at radius 1 is 0.806 bits per heavy atom. The normalized spacial score (nSPS) is 13.7. The van der Waals surface area contributed by atoms with Gasteiger partial charge in [0.15, 0.2) is 0 Å². The smallest absolute Gasteiger partial charge is 0.282 e. The fraction of sp³-hybridized carbons (Fsp3) is 0.154. The van der Waals surface area contributed by atoms with Crippen LogP contribution >= 0.6 is 0 Å². The molecular formula is C26H24N2O3. The largest absolute Gasteiger partial charge is 0.497 e. The summed E-state index contributed by atoms with van der Waals surface area (Å²) in [5.74, 6) is 0.00398. The van der Waals surface area contributed by atoms with Gasteiger partial charge in [0.25, 0.3) is 11.8 Å². The fourth-order valence-electron chi connectivity index (χ4n) is 3.81. The predicted octanol–water partition coefficient (Wildman–Crippen LogP) is 5.02. The maximum Gasteiger partial charge on any atom is 0.282 e. The van der Waals surface area contributed by atoms with E-state index in [1.54, 1.807) is 25.3 Å². The molecule has 156 valence electrons. The van der Waals surface area contributed by atoms with Crippen molar-refractivity contribution < 1.29 is 14.3 Å². The average Bonchev–Trinajstić information content (AvgIpc) is 2.98. The number of benzene rings is 3. The molecule has 0 spiro atoms. The lowest BCUT2D eigenvalue weighted by Gasteiger charge is -2.16. The Balaban J connectivity index is 1.83. The second kappa shape index (κ2) is 8.11. The van der Waals surface area contributed by atoms with E-state index in [-0.39, 0.29) is 17.5 Å². The van der Waals surface area contributed by atoms with Gasteiger partial charge in [0.1, 0.15) is 11.4 Å².